The molecule has 0 aromatic rings. The molecule has 0 aromatic heterocycles. The number of rotatable bonds is 18. The van der Waals surface area contributed by atoms with Crippen molar-refractivity contribution < 1.29 is 9.90 Å². The first-order valence-electron chi connectivity index (χ1n) is 11.2. The van der Waals surface area contributed by atoms with Crippen molar-refractivity contribution in [2.24, 2.45) is 17.8 Å². The second kappa shape index (κ2) is 16.9. The molecule has 0 saturated heterocycles. The fraction of sp³-hybridized carbons (Fsp3) is 0.957. The molecule has 1 N–H and O–H groups in total. The maximum atomic E-state index is 11.4. The molecule has 1 atom stereocenters. The first-order chi connectivity index (χ1) is 11.9. The summed E-state index contributed by atoms with van der Waals surface area (Å²) in [4.78, 5) is 11.4. The average Bonchev–Trinajstić information content (AvgIpc) is 2.53. The number of unbranched alkanes of at least 4 members (excludes halogenated alkanes) is 9. The summed E-state index contributed by atoms with van der Waals surface area (Å²) in [7, 11) is 0. The summed E-state index contributed by atoms with van der Waals surface area (Å²) >= 11 is 0. The van der Waals surface area contributed by atoms with E-state index in [2.05, 4.69) is 27.7 Å². The molecule has 1 unspecified atom stereocenters. The van der Waals surface area contributed by atoms with E-state index in [4.69, 9.17) is 0 Å². The number of carboxylic acids is 1. The van der Waals surface area contributed by atoms with Gasteiger partial charge in [0.15, 0.2) is 0 Å². The van der Waals surface area contributed by atoms with E-state index in [0.717, 1.165) is 37.5 Å². The zero-order chi connectivity index (χ0) is 18.9. The van der Waals surface area contributed by atoms with Gasteiger partial charge in [-0.1, -0.05) is 111 Å². The van der Waals surface area contributed by atoms with Gasteiger partial charge in [-0.25, -0.2) is 0 Å². The molecule has 0 spiro atoms. The summed E-state index contributed by atoms with van der Waals surface area (Å²) in [6, 6.07) is 0. The Hall–Kier alpha value is -0.530. The van der Waals surface area contributed by atoms with E-state index in [1.54, 1.807) is 0 Å². The average molecular weight is 355 g/mol. The van der Waals surface area contributed by atoms with Gasteiger partial charge in [-0.05, 0) is 24.7 Å². The maximum absolute atomic E-state index is 11.4. The highest BCUT2D eigenvalue weighted by molar-refractivity contribution is 5.69. The Balaban J connectivity index is 3.54. The van der Waals surface area contributed by atoms with Crippen LogP contribution in [-0.4, -0.2) is 11.1 Å². The third-order valence-electron chi connectivity index (χ3n) is 5.27. The van der Waals surface area contributed by atoms with Crippen molar-refractivity contribution >= 4 is 5.97 Å². The molecular weight excluding hydrogens is 308 g/mol. The number of aliphatic carboxylic acids is 1. The summed E-state index contributed by atoms with van der Waals surface area (Å²) in [6.45, 7) is 9.14. The summed E-state index contributed by atoms with van der Waals surface area (Å²) < 4.78 is 0. The second-order valence-corrected chi connectivity index (χ2v) is 8.87. The van der Waals surface area contributed by atoms with Gasteiger partial charge in [0.2, 0.25) is 0 Å². The van der Waals surface area contributed by atoms with Crippen LogP contribution < -0.4 is 0 Å². The van der Waals surface area contributed by atoms with Gasteiger partial charge in [-0.15, -0.1) is 0 Å². The fourth-order valence-electron chi connectivity index (χ4n) is 3.52. The van der Waals surface area contributed by atoms with E-state index in [9.17, 15) is 9.90 Å². The van der Waals surface area contributed by atoms with E-state index in [1.165, 1.54) is 70.6 Å². The summed E-state index contributed by atoms with van der Waals surface area (Å²) in [5.41, 5.74) is 0. The molecule has 0 aliphatic rings. The molecule has 0 aliphatic heterocycles. The predicted molar refractivity (Wildman–Crippen MR) is 110 cm³/mol. The smallest absolute Gasteiger partial charge is 0.306 e. The van der Waals surface area contributed by atoms with Gasteiger partial charge in [-0.2, -0.15) is 0 Å². The topological polar surface area (TPSA) is 37.3 Å². The van der Waals surface area contributed by atoms with Gasteiger partial charge in [0.1, 0.15) is 0 Å². The van der Waals surface area contributed by atoms with Crippen molar-refractivity contribution in [2.75, 3.05) is 0 Å². The van der Waals surface area contributed by atoms with Crippen molar-refractivity contribution in [2.45, 2.75) is 124 Å². The van der Waals surface area contributed by atoms with Gasteiger partial charge in [0.25, 0.3) is 0 Å². The maximum Gasteiger partial charge on any atom is 0.306 e. The molecule has 0 aliphatic carbocycles. The lowest BCUT2D eigenvalue weighted by atomic mass is 9.94. The van der Waals surface area contributed by atoms with Crippen molar-refractivity contribution in [3.05, 3.63) is 0 Å². The van der Waals surface area contributed by atoms with E-state index in [0.29, 0.717) is 0 Å². The lowest BCUT2D eigenvalue weighted by Crippen LogP contribution is -2.13. The van der Waals surface area contributed by atoms with Crippen LogP contribution in [0.2, 0.25) is 0 Å². The van der Waals surface area contributed by atoms with Gasteiger partial charge in [0, 0.05) is 0 Å². The second-order valence-electron chi connectivity index (χ2n) is 8.87. The summed E-state index contributed by atoms with van der Waals surface area (Å²) in [5.74, 6) is 0.964. The molecule has 0 bridgehead atoms. The Bertz CT molecular complexity index is 296. The van der Waals surface area contributed by atoms with Crippen LogP contribution >= 0.6 is 0 Å². The highest BCUT2D eigenvalue weighted by Gasteiger charge is 2.16. The Morgan fingerprint density at radius 1 is 0.560 bits per heavy atom. The Labute approximate surface area is 158 Å². The number of hydrogen-bond donors (Lipinski definition) is 1. The minimum Gasteiger partial charge on any atom is -0.481 e. The molecule has 0 saturated carbocycles. The summed E-state index contributed by atoms with van der Waals surface area (Å²) in [6.07, 6.45) is 18.3. The highest BCUT2D eigenvalue weighted by atomic mass is 16.4. The molecule has 0 radical (unpaired) electrons. The minimum absolute atomic E-state index is 0.100. The van der Waals surface area contributed by atoms with Gasteiger partial charge in [-0.3, -0.25) is 4.79 Å². The van der Waals surface area contributed by atoms with E-state index < -0.39 is 5.97 Å². The minimum atomic E-state index is -0.572. The zero-order valence-corrected chi connectivity index (χ0v) is 17.7. The molecule has 0 rings (SSSR count). The summed E-state index contributed by atoms with van der Waals surface area (Å²) in [5, 5.41) is 9.40. The van der Waals surface area contributed by atoms with Crippen LogP contribution in [0.1, 0.15) is 124 Å². The van der Waals surface area contributed by atoms with Crippen LogP contribution in [0.4, 0.5) is 0 Å². The quantitative estimate of drug-likeness (QED) is 0.254. The SMILES string of the molecule is CC(C)CCCCCCCCC(CCCCCCCC(C)C)C(=O)O. The first-order valence-corrected chi connectivity index (χ1v) is 11.2. The van der Waals surface area contributed by atoms with Crippen LogP contribution in [0.5, 0.6) is 0 Å². The molecule has 0 aromatic carbocycles. The van der Waals surface area contributed by atoms with Gasteiger partial charge >= 0.3 is 5.97 Å². The molecule has 0 heterocycles. The Kier molecular flexibility index (Phi) is 16.6. The molecular formula is C23H46O2. The monoisotopic (exact) mass is 354 g/mol. The molecule has 0 amide bonds. The largest absolute Gasteiger partial charge is 0.481 e. The fourth-order valence-corrected chi connectivity index (χ4v) is 3.52. The van der Waals surface area contributed by atoms with E-state index >= 15 is 0 Å². The molecule has 2 heteroatoms. The van der Waals surface area contributed by atoms with Gasteiger partial charge in [0.05, 0.1) is 5.92 Å². The first kappa shape index (κ1) is 24.5. The number of hydrogen-bond acceptors (Lipinski definition) is 1. The standard InChI is InChI=1S/C23H46O2/c1-20(2)16-12-8-5-6-10-14-18-22(23(24)25)19-15-11-7-9-13-17-21(3)4/h20-22H,5-19H2,1-4H3,(H,24,25). The van der Waals surface area contributed by atoms with Crippen LogP contribution in [0, 0.1) is 17.8 Å². The lowest BCUT2D eigenvalue weighted by Gasteiger charge is -2.12. The van der Waals surface area contributed by atoms with Gasteiger partial charge < -0.3 is 5.11 Å². The lowest BCUT2D eigenvalue weighted by molar-refractivity contribution is -0.142. The van der Waals surface area contributed by atoms with Crippen molar-refractivity contribution in [3.63, 3.8) is 0 Å². The van der Waals surface area contributed by atoms with Crippen molar-refractivity contribution in [3.8, 4) is 0 Å². The van der Waals surface area contributed by atoms with Crippen LogP contribution in [0.15, 0.2) is 0 Å². The highest BCUT2D eigenvalue weighted by Crippen LogP contribution is 2.20. The predicted octanol–water partition coefficient (Wildman–Crippen LogP) is 7.85. The van der Waals surface area contributed by atoms with E-state index in [-0.39, 0.29) is 5.92 Å². The Morgan fingerprint density at radius 2 is 0.840 bits per heavy atom. The van der Waals surface area contributed by atoms with Crippen LogP contribution in [-0.2, 0) is 4.79 Å². The molecule has 150 valence electrons. The third-order valence-corrected chi connectivity index (χ3v) is 5.27. The third kappa shape index (κ3) is 18.1. The van der Waals surface area contributed by atoms with Crippen LogP contribution in [0.25, 0.3) is 0 Å². The normalized spacial score (nSPS) is 12.9. The molecule has 2 nitrogen and oxygen atoms in total. The van der Waals surface area contributed by atoms with Crippen LogP contribution in [0.3, 0.4) is 0 Å². The molecule has 0 fully saturated rings. The number of carbonyl (C=O) groups is 1. The number of carboxylic acid groups (broad SMARTS) is 1. The molecule has 25 heavy (non-hydrogen) atoms. The zero-order valence-electron chi connectivity index (χ0n) is 17.7. The van der Waals surface area contributed by atoms with Crippen molar-refractivity contribution in [1.82, 2.24) is 0 Å². The Morgan fingerprint density at radius 3 is 1.12 bits per heavy atom. The van der Waals surface area contributed by atoms with Crippen molar-refractivity contribution in [1.29, 1.82) is 0 Å². The van der Waals surface area contributed by atoms with E-state index in [1.807, 2.05) is 0 Å².